The summed E-state index contributed by atoms with van der Waals surface area (Å²) in [5, 5.41) is 0. The summed E-state index contributed by atoms with van der Waals surface area (Å²) in [7, 11) is 0. The van der Waals surface area contributed by atoms with Crippen LogP contribution in [0.1, 0.15) is 62.5 Å². The highest BCUT2D eigenvalue weighted by Crippen LogP contribution is 2.27. The molecule has 152 valence electrons. The molecule has 2 saturated heterocycles. The van der Waals surface area contributed by atoms with Crippen molar-refractivity contribution in [3.63, 3.8) is 0 Å². The number of rotatable bonds is 3. The summed E-state index contributed by atoms with van der Waals surface area (Å²) < 4.78 is 0. The van der Waals surface area contributed by atoms with Crippen LogP contribution in [0.25, 0.3) is 0 Å². The molecule has 1 aromatic heterocycles. The molecule has 0 bridgehead atoms. The molecule has 3 aliphatic heterocycles. The molecule has 3 aliphatic rings. The van der Waals surface area contributed by atoms with Crippen molar-refractivity contribution in [2.75, 3.05) is 32.7 Å². The highest BCUT2D eigenvalue weighted by molar-refractivity contribution is 5.78. The zero-order valence-corrected chi connectivity index (χ0v) is 17.1. The minimum Gasteiger partial charge on any atom is -0.341 e. The average Bonchev–Trinajstić information content (AvgIpc) is 3.19. The van der Waals surface area contributed by atoms with Crippen LogP contribution in [0.5, 0.6) is 0 Å². The summed E-state index contributed by atoms with van der Waals surface area (Å²) in [6, 6.07) is 0.509. The highest BCUT2D eigenvalue weighted by atomic mass is 16.2. The van der Waals surface area contributed by atoms with E-state index in [0.717, 1.165) is 56.1 Å². The zero-order valence-electron chi connectivity index (χ0n) is 17.1. The number of nitrogens with zero attached hydrogens (tertiary/aromatic N) is 5. The van der Waals surface area contributed by atoms with E-state index in [9.17, 15) is 9.59 Å². The van der Waals surface area contributed by atoms with Gasteiger partial charge in [-0.15, -0.1) is 0 Å². The van der Waals surface area contributed by atoms with E-state index in [1.165, 1.54) is 19.3 Å². The van der Waals surface area contributed by atoms with E-state index in [0.29, 0.717) is 19.1 Å². The monoisotopic (exact) mass is 385 g/mol. The maximum absolute atomic E-state index is 12.8. The number of hydrogen-bond donors (Lipinski definition) is 0. The van der Waals surface area contributed by atoms with Gasteiger partial charge in [0.25, 0.3) is 0 Å². The van der Waals surface area contributed by atoms with Gasteiger partial charge in [0.2, 0.25) is 11.8 Å². The third-order valence-corrected chi connectivity index (χ3v) is 6.58. The number of fused-ring (bicyclic) bond motifs is 1. The van der Waals surface area contributed by atoms with Gasteiger partial charge in [-0.3, -0.25) is 14.5 Å². The highest BCUT2D eigenvalue weighted by Gasteiger charge is 2.32. The van der Waals surface area contributed by atoms with Crippen LogP contribution in [-0.4, -0.2) is 75.2 Å². The number of aromatic nitrogens is 2. The molecule has 0 spiro atoms. The first kappa shape index (κ1) is 19.3. The molecule has 0 unspecified atom stereocenters. The SMILES string of the molecule is CC(=O)N1CCc2nc([C@H]3CCN(C(=O)CN4CCCC[C@@H]4C)C3)ncc2C1. The van der Waals surface area contributed by atoms with E-state index >= 15 is 0 Å². The summed E-state index contributed by atoms with van der Waals surface area (Å²) in [5.74, 6) is 1.42. The molecule has 2 amide bonds. The molecule has 0 N–H and O–H groups in total. The second kappa shape index (κ2) is 8.15. The predicted octanol–water partition coefficient (Wildman–Crippen LogP) is 1.57. The van der Waals surface area contributed by atoms with Gasteiger partial charge in [-0.2, -0.15) is 0 Å². The third-order valence-electron chi connectivity index (χ3n) is 6.58. The van der Waals surface area contributed by atoms with Crippen molar-refractivity contribution < 1.29 is 9.59 Å². The minimum absolute atomic E-state index is 0.0997. The molecule has 7 nitrogen and oxygen atoms in total. The second-order valence-corrected chi connectivity index (χ2v) is 8.53. The molecule has 1 aromatic rings. The molecule has 4 rings (SSSR count). The Labute approximate surface area is 167 Å². The lowest BCUT2D eigenvalue weighted by Crippen LogP contribution is -2.45. The molecule has 0 radical (unpaired) electrons. The van der Waals surface area contributed by atoms with E-state index < -0.39 is 0 Å². The van der Waals surface area contributed by atoms with Crippen molar-refractivity contribution in [2.24, 2.45) is 0 Å². The number of piperidine rings is 1. The van der Waals surface area contributed by atoms with Gasteiger partial charge in [0.15, 0.2) is 0 Å². The lowest BCUT2D eigenvalue weighted by atomic mass is 10.0. The van der Waals surface area contributed by atoms with Crippen LogP contribution in [0.2, 0.25) is 0 Å². The van der Waals surface area contributed by atoms with E-state index in [-0.39, 0.29) is 17.7 Å². The van der Waals surface area contributed by atoms with Crippen molar-refractivity contribution in [2.45, 2.75) is 64.5 Å². The predicted molar refractivity (Wildman–Crippen MR) is 106 cm³/mol. The van der Waals surface area contributed by atoms with Crippen molar-refractivity contribution in [1.29, 1.82) is 0 Å². The fraction of sp³-hybridized carbons (Fsp3) is 0.714. The molecule has 0 saturated carbocycles. The summed E-state index contributed by atoms with van der Waals surface area (Å²) in [6.07, 6.45) is 7.26. The molecule has 28 heavy (non-hydrogen) atoms. The van der Waals surface area contributed by atoms with E-state index in [1.54, 1.807) is 6.92 Å². The van der Waals surface area contributed by atoms with E-state index in [2.05, 4.69) is 16.8 Å². The van der Waals surface area contributed by atoms with Crippen LogP contribution in [-0.2, 0) is 22.6 Å². The molecule has 4 heterocycles. The summed E-state index contributed by atoms with van der Waals surface area (Å²) in [6.45, 7) is 8.26. The van der Waals surface area contributed by atoms with Gasteiger partial charge in [-0.1, -0.05) is 6.42 Å². The second-order valence-electron chi connectivity index (χ2n) is 8.53. The molecule has 7 heteroatoms. The van der Waals surface area contributed by atoms with Crippen LogP contribution in [0.3, 0.4) is 0 Å². The lowest BCUT2D eigenvalue weighted by molar-refractivity contribution is -0.132. The zero-order chi connectivity index (χ0) is 19.7. The number of amides is 2. The lowest BCUT2D eigenvalue weighted by Gasteiger charge is -2.33. The van der Waals surface area contributed by atoms with Gasteiger partial charge in [0.1, 0.15) is 5.82 Å². The summed E-state index contributed by atoms with van der Waals surface area (Å²) in [4.78, 5) is 39.9. The van der Waals surface area contributed by atoms with Gasteiger partial charge in [0.05, 0.1) is 12.2 Å². The maximum Gasteiger partial charge on any atom is 0.236 e. The van der Waals surface area contributed by atoms with Gasteiger partial charge >= 0.3 is 0 Å². The van der Waals surface area contributed by atoms with Gasteiger partial charge < -0.3 is 9.80 Å². The van der Waals surface area contributed by atoms with Crippen LogP contribution in [0, 0.1) is 0 Å². The van der Waals surface area contributed by atoms with Crippen molar-refractivity contribution >= 4 is 11.8 Å². The van der Waals surface area contributed by atoms with Crippen molar-refractivity contribution in [1.82, 2.24) is 24.7 Å². The molecule has 0 aliphatic carbocycles. The molecule has 2 fully saturated rings. The Balaban J connectivity index is 1.36. The fourth-order valence-corrected chi connectivity index (χ4v) is 4.66. The van der Waals surface area contributed by atoms with E-state index in [1.807, 2.05) is 16.0 Å². The van der Waals surface area contributed by atoms with Crippen LogP contribution in [0.15, 0.2) is 6.20 Å². The topological polar surface area (TPSA) is 69.6 Å². The Bertz CT molecular complexity index is 752. The normalized spacial score (nSPS) is 25.6. The smallest absolute Gasteiger partial charge is 0.236 e. The van der Waals surface area contributed by atoms with Crippen molar-refractivity contribution in [3.05, 3.63) is 23.3 Å². The fourth-order valence-electron chi connectivity index (χ4n) is 4.66. The quantitative estimate of drug-likeness (QED) is 0.790. The Kier molecular flexibility index (Phi) is 5.62. The number of carbonyl (C=O) groups excluding carboxylic acids is 2. The first-order valence-corrected chi connectivity index (χ1v) is 10.6. The molecule has 2 atom stereocenters. The van der Waals surface area contributed by atoms with Crippen LogP contribution < -0.4 is 0 Å². The van der Waals surface area contributed by atoms with E-state index in [4.69, 9.17) is 4.98 Å². The van der Waals surface area contributed by atoms with Crippen LogP contribution >= 0.6 is 0 Å². The first-order chi connectivity index (χ1) is 13.5. The minimum atomic E-state index is 0.0997. The third kappa shape index (κ3) is 4.04. The standard InChI is InChI=1S/C21H31N5O2/c1-15-5-3-4-8-24(15)14-20(28)26-9-6-17(12-26)21-22-11-18-13-25(16(2)27)10-7-19(18)23-21/h11,15,17H,3-10,12-14H2,1-2H3/t15-,17-/m0/s1. The average molecular weight is 386 g/mol. The van der Waals surface area contributed by atoms with Gasteiger partial charge in [-0.25, -0.2) is 9.97 Å². The van der Waals surface area contributed by atoms with Gasteiger partial charge in [0, 0.05) is 63.2 Å². The summed E-state index contributed by atoms with van der Waals surface area (Å²) in [5.41, 5.74) is 2.12. The Morgan fingerprint density at radius 3 is 2.79 bits per heavy atom. The number of likely N-dealkylation sites (tertiary alicyclic amines) is 2. The Hall–Kier alpha value is -2.02. The Morgan fingerprint density at radius 1 is 1.14 bits per heavy atom. The van der Waals surface area contributed by atoms with Crippen LogP contribution in [0.4, 0.5) is 0 Å². The summed E-state index contributed by atoms with van der Waals surface area (Å²) >= 11 is 0. The molecular formula is C21H31N5O2. The Morgan fingerprint density at radius 2 is 2.00 bits per heavy atom. The van der Waals surface area contributed by atoms with Gasteiger partial charge in [-0.05, 0) is 32.7 Å². The number of hydrogen-bond acceptors (Lipinski definition) is 5. The maximum atomic E-state index is 12.8. The molecule has 0 aromatic carbocycles. The first-order valence-electron chi connectivity index (χ1n) is 10.6. The largest absolute Gasteiger partial charge is 0.341 e. The molecular weight excluding hydrogens is 354 g/mol. The van der Waals surface area contributed by atoms with Crippen molar-refractivity contribution in [3.8, 4) is 0 Å². The number of carbonyl (C=O) groups is 2.